The Balaban J connectivity index is 1.57. The average Bonchev–Trinajstić information content (AvgIpc) is 2.88. The lowest BCUT2D eigenvalue weighted by Crippen LogP contribution is -2.54. The number of aryl methyl sites for hydroxylation is 1. The van der Waals surface area contributed by atoms with Crippen molar-refractivity contribution in [2.75, 3.05) is 23.9 Å². The highest BCUT2D eigenvalue weighted by atomic mass is 127. The van der Waals surface area contributed by atoms with Gasteiger partial charge >= 0.3 is 6.03 Å². The van der Waals surface area contributed by atoms with Crippen LogP contribution in [0, 0.1) is 16.3 Å². The Morgan fingerprint density at radius 1 is 1.13 bits per heavy atom. The second-order valence-electron chi connectivity index (χ2n) is 8.27. The van der Waals surface area contributed by atoms with Gasteiger partial charge in [0.2, 0.25) is 0 Å². The number of hydrogen-bond donors (Lipinski definition) is 2. The minimum atomic E-state index is -0.887. The quantitative estimate of drug-likeness (QED) is 0.207. The number of hydrogen-bond acceptors (Lipinski definition) is 6. The van der Waals surface area contributed by atoms with Crippen LogP contribution in [0.5, 0.6) is 11.5 Å². The maximum atomic E-state index is 13.3. The monoisotopic (exact) mass is 663 g/mol. The molecule has 4 rings (SSSR count). The van der Waals surface area contributed by atoms with Crippen LogP contribution in [0.4, 0.5) is 20.6 Å². The van der Waals surface area contributed by atoms with Crippen molar-refractivity contribution in [3.63, 3.8) is 0 Å². The number of benzene rings is 3. The molecule has 0 spiro atoms. The first-order chi connectivity index (χ1) is 18.6. The van der Waals surface area contributed by atoms with Crippen LogP contribution >= 0.6 is 34.2 Å². The molecule has 0 atom stereocenters. The summed E-state index contributed by atoms with van der Waals surface area (Å²) in [5, 5.41) is 5.09. The molecule has 1 heterocycles. The summed E-state index contributed by atoms with van der Waals surface area (Å²) in [6.07, 6.45) is 1.33. The second kappa shape index (κ2) is 11.8. The summed E-state index contributed by atoms with van der Waals surface area (Å²) in [6, 6.07) is 12.3. The molecule has 1 fully saturated rings. The van der Waals surface area contributed by atoms with Gasteiger partial charge in [-0.25, -0.2) is 14.1 Å². The number of ether oxygens (including phenoxy) is 2. The van der Waals surface area contributed by atoms with Gasteiger partial charge in [-0.3, -0.25) is 19.7 Å². The molecule has 9 nitrogen and oxygen atoms in total. The minimum absolute atomic E-state index is 0.241. The van der Waals surface area contributed by atoms with E-state index < -0.39 is 29.6 Å². The molecule has 0 radical (unpaired) electrons. The fourth-order valence-electron chi connectivity index (χ4n) is 3.70. The van der Waals surface area contributed by atoms with Crippen LogP contribution in [-0.2, 0) is 14.4 Å². The number of carbonyl (C=O) groups is 4. The Morgan fingerprint density at radius 3 is 2.54 bits per heavy atom. The van der Waals surface area contributed by atoms with Crippen molar-refractivity contribution in [3.05, 3.63) is 85.7 Å². The van der Waals surface area contributed by atoms with Crippen LogP contribution in [0.25, 0.3) is 6.08 Å². The highest BCUT2D eigenvalue weighted by Gasteiger charge is 2.37. The molecule has 3 aromatic rings. The Morgan fingerprint density at radius 2 is 1.85 bits per heavy atom. The van der Waals surface area contributed by atoms with Crippen LogP contribution < -0.4 is 25.0 Å². The summed E-state index contributed by atoms with van der Waals surface area (Å²) in [4.78, 5) is 51.6. The Labute approximate surface area is 241 Å². The maximum absolute atomic E-state index is 13.3. The van der Waals surface area contributed by atoms with Crippen molar-refractivity contribution in [1.29, 1.82) is 0 Å². The van der Waals surface area contributed by atoms with Crippen LogP contribution in [-0.4, -0.2) is 37.5 Å². The summed E-state index contributed by atoms with van der Waals surface area (Å²) in [5.41, 5.74) is 1.40. The summed E-state index contributed by atoms with van der Waals surface area (Å²) >= 11 is 8.03. The first-order valence-corrected chi connectivity index (χ1v) is 12.8. The van der Waals surface area contributed by atoms with Crippen LogP contribution in [0.3, 0.4) is 0 Å². The van der Waals surface area contributed by atoms with E-state index in [0.29, 0.717) is 25.4 Å². The van der Waals surface area contributed by atoms with E-state index in [9.17, 15) is 23.6 Å². The molecule has 12 heteroatoms. The van der Waals surface area contributed by atoms with Gasteiger partial charge in [-0.2, -0.15) is 0 Å². The normalized spacial score (nSPS) is 14.3. The number of nitrogens with one attached hydrogen (secondary N) is 2. The number of amides is 5. The second-order valence-corrected chi connectivity index (χ2v) is 9.87. The number of halogens is 3. The minimum Gasteiger partial charge on any atom is -0.493 e. The van der Waals surface area contributed by atoms with Gasteiger partial charge in [0.25, 0.3) is 17.7 Å². The van der Waals surface area contributed by atoms with E-state index in [-0.39, 0.29) is 29.4 Å². The van der Waals surface area contributed by atoms with Gasteiger partial charge in [0.1, 0.15) is 11.4 Å². The molecule has 0 unspecified atom stereocenters. The van der Waals surface area contributed by atoms with Gasteiger partial charge in [0.15, 0.2) is 18.1 Å². The predicted octanol–water partition coefficient (Wildman–Crippen LogP) is 5.08. The Kier molecular flexibility index (Phi) is 8.51. The highest BCUT2D eigenvalue weighted by molar-refractivity contribution is 14.1. The first-order valence-electron chi connectivity index (χ1n) is 11.3. The lowest BCUT2D eigenvalue weighted by atomic mass is 10.1. The third-order valence-corrected chi connectivity index (χ3v) is 6.59. The predicted molar refractivity (Wildman–Crippen MR) is 151 cm³/mol. The fourth-order valence-corrected chi connectivity index (χ4v) is 4.64. The maximum Gasteiger partial charge on any atom is 0.335 e. The number of rotatable bonds is 7. The van der Waals surface area contributed by atoms with Crippen molar-refractivity contribution in [1.82, 2.24) is 5.32 Å². The zero-order valence-corrected chi connectivity index (χ0v) is 23.4. The zero-order chi connectivity index (χ0) is 28.3. The molecule has 200 valence electrons. The Hall–Kier alpha value is -3.97. The number of methoxy groups -OCH3 is 1. The standard InChI is InChI=1S/C27H20ClFIN3O6/c1-14-3-4-16(28)12-21(14)33-26(36)19(25(35)32-27(33)37)9-15-10-20(30)24(22(11-15)38-2)39-13-23(34)31-18-7-5-17(29)6-8-18/h3-12H,13H2,1-2H3,(H,31,34)(H,32,35,37)/b19-9+. The van der Waals surface area contributed by atoms with Crippen LogP contribution in [0.1, 0.15) is 11.1 Å². The fraction of sp³-hybridized carbons (Fsp3) is 0.111. The third kappa shape index (κ3) is 6.37. The van der Waals surface area contributed by atoms with E-state index in [1.54, 1.807) is 25.1 Å². The number of urea groups is 1. The molecule has 1 saturated heterocycles. The molecule has 0 bridgehead atoms. The van der Waals surface area contributed by atoms with Crippen molar-refractivity contribution in [2.45, 2.75) is 6.92 Å². The van der Waals surface area contributed by atoms with Crippen molar-refractivity contribution in [2.24, 2.45) is 0 Å². The van der Waals surface area contributed by atoms with Crippen molar-refractivity contribution < 1.29 is 33.0 Å². The molecular weight excluding hydrogens is 644 g/mol. The lowest BCUT2D eigenvalue weighted by Gasteiger charge is -2.27. The largest absolute Gasteiger partial charge is 0.493 e. The molecule has 0 aliphatic carbocycles. The smallest absolute Gasteiger partial charge is 0.335 e. The summed E-state index contributed by atoms with van der Waals surface area (Å²) < 4.78 is 24.7. The van der Waals surface area contributed by atoms with Gasteiger partial charge < -0.3 is 14.8 Å². The third-order valence-electron chi connectivity index (χ3n) is 5.55. The number of carbonyl (C=O) groups excluding carboxylic acids is 4. The number of anilines is 2. The summed E-state index contributed by atoms with van der Waals surface area (Å²) in [6.45, 7) is 1.35. The van der Waals surface area contributed by atoms with Gasteiger partial charge in [0, 0.05) is 10.7 Å². The summed E-state index contributed by atoms with van der Waals surface area (Å²) in [5.74, 6) is -2.07. The molecular formula is C27H20ClFIN3O6. The molecule has 0 saturated carbocycles. The molecule has 3 aromatic carbocycles. The number of nitrogens with zero attached hydrogens (tertiary/aromatic N) is 1. The first kappa shape index (κ1) is 28.0. The van der Waals surface area contributed by atoms with Crippen molar-refractivity contribution >= 4 is 75.4 Å². The molecule has 5 amide bonds. The van der Waals surface area contributed by atoms with Crippen LogP contribution in [0.15, 0.2) is 60.2 Å². The van der Waals surface area contributed by atoms with Gasteiger partial charge in [-0.15, -0.1) is 0 Å². The highest BCUT2D eigenvalue weighted by Crippen LogP contribution is 2.35. The van der Waals surface area contributed by atoms with Gasteiger partial charge in [-0.05, 0) is 95.2 Å². The zero-order valence-electron chi connectivity index (χ0n) is 20.5. The molecule has 2 N–H and O–H groups in total. The van der Waals surface area contributed by atoms with E-state index in [0.717, 1.165) is 4.90 Å². The summed E-state index contributed by atoms with van der Waals surface area (Å²) in [7, 11) is 1.40. The van der Waals surface area contributed by atoms with E-state index in [4.69, 9.17) is 21.1 Å². The van der Waals surface area contributed by atoms with Crippen LogP contribution in [0.2, 0.25) is 5.02 Å². The van der Waals surface area contributed by atoms with Crippen molar-refractivity contribution in [3.8, 4) is 11.5 Å². The molecule has 1 aliphatic heterocycles. The average molecular weight is 664 g/mol. The lowest BCUT2D eigenvalue weighted by molar-refractivity contribution is -0.122. The molecule has 1 aliphatic rings. The van der Waals surface area contributed by atoms with Gasteiger partial charge in [0.05, 0.1) is 16.4 Å². The van der Waals surface area contributed by atoms with E-state index in [1.807, 2.05) is 22.6 Å². The molecule has 39 heavy (non-hydrogen) atoms. The number of barbiturate groups is 1. The van der Waals surface area contributed by atoms with E-state index in [1.165, 1.54) is 49.6 Å². The molecule has 0 aromatic heterocycles. The SMILES string of the molecule is COc1cc(/C=C2\C(=O)NC(=O)N(c3cc(Cl)ccc3C)C2=O)cc(I)c1OCC(=O)Nc1ccc(F)cc1. The Bertz CT molecular complexity index is 1530. The number of imide groups is 2. The van der Waals surface area contributed by atoms with Gasteiger partial charge in [-0.1, -0.05) is 17.7 Å². The van der Waals surface area contributed by atoms with E-state index >= 15 is 0 Å². The van der Waals surface area contributed by atoms with E-state index in [2.05, 4.69) is 10.6 Å². The topological polar surface area (TPSA) is 114 Å².